The molecule has 0 aliphatic rings. The minimum atomic E-state index is 1.06. The summed E-state index contributed by atoms with van der Waals surface area (Å²) < 4.78 is 2.20. The highest BCUT2D eigenvalue weighted by Gasteiger charge is 2.15. The zero-order valence-electron chi connectivity index (χ0n) is 12.3. The molecular weight excluding hydrogens is 276 g/mol. The molecule has 2 aromatic carbocycles. The molecule has 0 radical (unpaired) electrons. The van der Waals surface area contributed by atoms with Gasteiger partial charge in [-0.25, -0.2) is 0 Å². The van der Waals surface area contributed by atoms with Crippen LogP contribution in [-0.4, -0.2) is 5.75 Å². The first kappa shape index (κ1) is 14.0. The average Bonchev–Trinajstić information content (AvgIpc) is 2.52. The normalized spacial score (nSPS) is 10.8. The molecule has 3 aromatic rings. The van der Waals surface area contributed by atoms with Crippen molar-refractivity contribution in [2.75, 3.05) is 11.1 Å². The van der Waals surface area contributed by atoms with Gasteiger partial charge in [-0.05, 0) is 24.0 Å². The molecular formula is C18H19N2S+. The number of para-hydroxylation sites is 2. The van der Waals surface area contributed by atoms with E-state index in [2.05, 4.69) is 78.6 Å². The van der Waals surface area contributed by atoms with E-state index in [1.165, 1.54) is 21.5 Å². The monoisotopic (exact) mass is 295 g/mol. The van der Waals surface area contributed by atoms with Crippen LogP contribution in [0.5, 0.6) is 0 Å². The molecule has 3 rings (SSSR count). The van der Waals surface area contributed by atoms with Crippen LogP contribution >= 0.6 is 11.8 Å². The number of aryl methyl sites for hydroxylation is 1. The second-order valence-corrected chi connectivity index (χ2v) is 6.23. The standard InChI is InChI=1S/C18H18N2S/c1-3-21-17-13-20(2)16-12-8-7-11-15(16)18(17)19-14-9-5-4-6-10-14/h4-13H,3H2,1-2H3/p+1. The van der Waals surface area contributed by atoms with Crippen LogP contribution < -0.4 is 9.88 Å². The summed E-state index contributed by atoms with van der Waals surface area (Å²) >= 11 is 1.87. The lowest BCUT2D eigenvalue weighted by molar-refractivity contribution is -0.646. The summed E-state index contributed by atoms with van der Waals surface area (Å²) in [4.78, 5) is 1.28. The summed E-state index contributed by atoms with van der Waals surface area (Å²) in [5.41, 5.74) is 3.55. The molecule has 0 spiro atoms. The summed E-state index contributed by atoms with van der Waals surface area (Å²) in [5, 5.41) is 4.85. The van der Waals surface area contributed by atoms with Gasteiger partial charge in [-0.2, -0.15) is 4.57 Å². The van der Waals surface area contributed by atoms with Crippen molar-refractivity contribution in [2.24, 2.45) is 7.05 Å². The van der Waals surface area contributed by atoms with Gasteiger partial charge in [0.05, 0.1) is 16.0 Å². The SMILES string of the molecule is CCSc1c[n+](C)c2ccccc2c1Nc1ccccc1. The van der Waals surface area contributed by atoms with E-state index in [4.69, 9.17) is 0 Å². The number of pyridine rings is 1. The van der Waals surface area contributed by atoms with Crippen molar-refractivity contribution in [3.05, 3.63) is 60.8 Å². The Kier molecular flexibility index (Phi) is 4.11. The summed E-state index contributed by atoms with van der Waals surface area (Å²) in [6.07, 6.45) is 2.21. The molecule has 0 unspecified atom stereocenters. The summed E-state index contributed by atoms with van der Waals surface area (Å²) in [6.45, 7) is 2.19. The van der Waals surface area contributed by atoms with Gasteiger partial charge in [0.2, 0.25) is 5.52 Å². The molecule has 1 aromatic heterocycles. The quantitative estimate of drug-likeness (QED) is 0.562. The maximum atomic E-state index is 3.59. The average molecular weight is 295 g/mol. The van der Waals surface area contributed by atoms with Gasteiger partial charge in [0, 0.05) is 11.8 Å². The van der Waals surface area contributed by atoms with E-state index in [-0.39, 0.29) is 0 Å². The Labute approximate surface area is 129 Å². The van der Waals surface area contributed by atoms with E-state index >= 15 is 0 Å². The Morgan fingerprint density at radius 3 is 2.48 bits per heavy atom. The van der Waals surface area contributed by atoms with E-state index in [0.29, 0.717) is 0 Å². The maximum absolute atomic E-state index is 3.59. The van der Waals surface area contributed by atoms with Crippen LogP contribution in [0.3, 0.4) is 0 Å². The lowest BCUT2D eigenvalue weighted by Crippen LogP contribution is -2.29. The Bertz CT molecular complexity index is 754. The van der Waals surface area contributed by atoms with Crippen LogP contribution in [0.4, 0.5) is 11.4 Å². The number of nitrogens with one attached hydrogen (secondary N) is 1. The summed E-state index contributed by atoms with van der Waals surface area (Å²) in [6, 6.07) is 18.9. The van der Waals surface area contributed by atoms with Crippen LogP contribution in [0, 0.1) is 0 Å². The fraction of sp³-hybridized carbons (Fsp3) is 0.167. The van der Waals surface area contributed by atoms with Gasteiger partial charge in [0.15, 0.2) is 6.20 Å². The van der Waals surface area contributed by atoms with Crippen LogP contribution in [-0.2, 0) is 7.05 Å². The molecule has 0 aliphatic carbocycles. The van der Waals surface area contributed by atoms with Gasteiger partial charge < -0.3 is 5.32 Å². The first-order valence-electron chi connectivity index (χ1n) is 7.16. The third kappa shape index (κ3) is 2.88. The molecule has 0 amide bonds. The van der Waals surface area contributed by atoms with Crippen molar-refractivity contribution in [1.29, 1.82) is 0 Å². The zero-order chi connectivity index (χ0) is 14.7. The molecule has 0 aliphatic heterocycles. The van der Waals surface area contributed by atoms with Crippen molar-refractivity contribution >= 4 is 34.0 Å². The highest BCUT2D eigenvalue weighted by molar-refractivity contribution is 7.99. The van der Waals surface area contributed by atoms with Crippen LogP contribution in [0.25, 0.3) is 10.9 Å². The van der Waals surface area contributed by atoms with Gasteiger partial charge in [-0.1, -0.05) is 37.3 Å². The van der Waals surface area contributed by atoms with E-state index < -0.39 is 0 Å². The number of anilines is 2. The topological polar surface area (TPSA) is 15.9 Å². The van der Waals surface area contributed by atoms with Crippen LogP contribution in [0.2, 0.25) is 0 Å². The van der Waals surface area contributed by atoms with E-state index in [1.807, 2.05) is 17.8 Å². The number of hydrogen-bond donors (Lipinski definition) is 1. The first-order chi connectivity index (χ1) is 10.3. The van der Waals surface area contributed by atoms with Gasteiger partial charge in [-0.15, -0.1) is 11.8 Å². The lowest BCUT2D eigenvalue weighted by atomic mass is 10.1. The number of benzene rings is 2. The Hall–Kier alpha value is -2.00. The van der Waals surface area contributed by atoms with Crippen LogP contribution in [0.15, 0.2) is 65.7 Å². The molecule has 0 bridgehead atoms. The molecule has 0 saturated carbocycles. The Morgan fingerprint density at radius 2 is 1.71 bits per heavy atom. The number of fused-ring (bicyclic) bond motifs is 1. The summed E-state index contributed by atoms with van der Waals surface area (Å²) in [7, 11) is 2.11. The molecule has 0 atom stereocenters. The van der Waals surface area contributed by atoms with Crippen molar-refractivity contribution in [1.82, 2.24) is 0 Å². The highest BCUT2D eigenvalue weighted by Crippen LogP contribution is 2.34. The Morgan fingerprint density at radius 1 is 1.00 bits per heavy atom. The molecule has 1 heterocycles. The minimum absolute atomic E-state index is 1.06. The molecule has 0 fully saturated rings. The van der Waals surface area contributed by atoms with Crippen molar-refractivity contribution in [3.63, 3.8) is 0 Å². The first-order valence-corrected chi connectivity index (χ1v) is 8.14. The second kappa shape index (κ2) is 6.19. The fourth-order valence-electron chi connectivity index (χ4n) is 2.50. The van der Waals surface area contributed by atoms with Gasteiger partial charge >= 0.3 is 0 Å². The van der Waals surface area contributed by atoms with Crippen molar-refractivity contribution < 1.29 is 4.57 Å². The summed E-state index contributed by atoms with van der Waals surface area (Å²) in [5.74, 6) is 1.06. The Balaban J connectivity index is 2.18. The largest absolute Gasteiger partial charge is 0.354 e. The number of thioether (sulfide) groups is 1. The number of hydrogen-bond acceptors (Lipinski definition) is 2. The maximum Gasteiger partial charge on any atom is 0.214 e. The highest BCUT2D eigenvalue weighted by atomic mass is 32.2. The fourth-order valence-corrected chi connectivity index (χ4v) is 3.34. The van der Waals surface area contributed by atoms with Gasteiger partial charge in [-0.3, -0.25) is 0 Å². The third-order valence-electron chi connectivity index (χ3n) is 3.45. The number of rotatable bonds is 4. The van der Waals surface area contributed by atoms with E-state index in [9.17, 15) is 0 Å². The zero-order valence-corrected chi connectivity index (χ0v) is 13.2. The number of aromatic nitrogens is 1. The van der Waals surface area contributed by atoms with E-state index in [0.717, 1.165) is 11.4 Å². The number of nitrogens with zero attached hydrogens (tertiary/aromatic N) is 1. The van der Waals surface area contributed by atoms with Crippen molar-refractivity contribution in [2.45, 2.75) is 11.8 Å². The molecule has 3 heteroatoms. The second-order valence-electron chi connectivity index (χ2n) is 4.92. The molecule has 2 nitrogen and oxygen atoms in total. The molecule has 21 heavy (non-hydrogen) atoms. The minimum Gasteiger partial charge on any atom is -0.354 e. The predicted molar refractivity (Wildman–Crippen MR) is 91.2 cm³/mol. The predicted octanol–water partition coefficient (Wildman–Crippen LogP) is 4.52. The molecule has 1 N–H and O–H groups in total. The third-order valence-corrected chi connectivity index (χ3v) is 4.36. The lowest BCUT2D eigenvalue weighted by Gasteiger charge is -2.13. The van der Waals surface area contributed by atoms with Crippen molar-refractivity contribution in [3.8, 4) is 0 Å². The van der Waals surface area contributed by atoms with E-state index in [1.54, 1.807) is 0 Å². The molecule has 0 saturated heterocycles. The smallest absolute Gasteiger partial charge is 0.214 e. The molecule has 106 valence electrons. The van der Waals surface area contributed by atoms with Gasteiger partial charge in [0.1, 0.15) is 7.05 Å². The van der Waals surface area contributed by atoms with Gasteiger partial charge in [0.25, 0.3) is 0 Å². The van der Waals surface area contributed by atoms with Crippen LogP contribution in [0.1, 0.15) is 6.92 Å².